The highest BCUT2D eigenvalue weighted by atomic mass is 79.9. The van der Waals surface area contributed by atoms with E-state index in [1.807, 2.05) is 26.0 Å². The third-order valence-corrected chi connectivity index (χ3v) is 7.11. The number of alkyl carbamates (subject to hydrolysis) is 1. The summed E-state index contributed by atoms with van der Waals surface area (Å²) in [5.74, 6) is 0.998. The number of ether oxygens (including phenoxy) is 3. The lowest BCUT2D eigenvalue weighted by Crippen LogP contribution is -2.34. The van der Waals surface area contributed by atoms with E-state index in [0.29, 0.717) is 59.2 Å². The summed E-state index contributed by atoms with van der Waals surface area (Å²) in [7, 11) is 0. The highest BCUT2D eigenvalue weighted by Gasteiger charge is 2.39. The van der Waals surface area contributed by atoms with Crippen LogP contribution in [0.25, 0.3) is 0 Å². The Kier molecular flexibility index (Phi) is 10.8. The molecule has 2 N–H and O–H groups in total. The molecule has 1 aromatic rings. The van der Waals surface area contributed by atoms with E-state index in [-0.39, 0.29) is 12.4 Å². The van der Waals surface area contributed by atoms with Crippen molar-refractivity contribution in [3.8, 4) is 17.6 Å². The Morgan fingerprint density at radius 1 is 1.21 bits per heavy atom. The van der Waals surface area contributed by atoms with E-state index < -0.39 is 12.0 Å². The number of carbonyl (C=O) groups excluding carboxylic acids is 2. The zero-order valence-corrected chi connectivity index (χ0v) is 24.1. The van der Waals surface area contributed by atoms with Crippen molar-refractivity contribution in [3.63, 3.8) is 0 Å². The number of ketones is 1. The molecule has 2 aliphatic rings. The molecule has 3 rings (SSSR count). The number of carbonyl (C=O) groups is 2. The average molecular weight is 587 g/mol. The molecular weight excluding hydrogens is 550 g/mol. The summed E-state index contributed by atoms with van der Waals surface area (Å²) in [4.78, 5) is 24.8. The molecule has 204 valence electrons. The van der Waals surface area contributed by atoms with E-state index in [0.717, 1.165) is 36.2 Å². The van der Waals surface area contributed by atoms with Crippen molar-refractivity contribution in [2.75, 3.05) is 26.4 Å². The van der Waals surface area contributed by atoms with Crippen molar-refractivity contribution < 1.29 is 23.8 Å². The predicted molar refractivity (Wildman–Crippen MR) is 149 cm³/mol. The van der Waals surface area contributed by atoms with Gasteiger partial charge in [0, 0.05) is 29.9 Å². The zero-order chi connectivity index (χ0) is 27.7. The van der Waals surface area contributed by atoms with Crippen LogP contribution in [-0.4, -0.2) is 38.2 Å². The Hall–Kier alpha value is -3.25. The van der Waals surface area contributed by atoms with Crippen LogP contribution in [0.2, 0.25) is 0 Å². The van der Waals surface area contributed by atoms with Gasteiger partial charge in [-0.3, -0.25) is 4.79 Å². The highest BCUT2D eigenvalue weighted by Crippen LogP contribution is 2.47. The molecule has 0 spiro atoms. The molecule has 0 aromatic heterocycles. The fourth-order valence-electron chi connectivity index (χ4n) is 4.98. The second kappa shape index (κ2) is 14.1. The van der Waals surface area contributed by atoms with Crippen molar-refractivity contribution in [2.45, 2.75) is 59.3 Å². The van der Waals surface area contributed by atoms with Gasteiger partial charge in [0.1, 0.15) is 6.61 Å². The molecule has 1 aromatic carbocycles. The lowest BCUT2D eigenvalue weighted by Gasteiger charge is -2.35. The van der Waals surface area contributed by atoms with Crippen LogP contribution in [-0.2, 0) is 9.53 Å². The van der Waals surface area contributed by atoms with Gasteiger partial charge >= 0.3 is 6.09 Å². The number of benzene rings is 1. The Morgan fingerprint density at radius 3 is 2.68 bits per heavy atom. The molecule has 1 aliphatic carbocycles. The molecule has 38 heavy (non-hydrogen) atoms. The van der Waals surface area contributed by atoms with E-state index >= 15 is 0 Å². The van der Waals surface area contributed by atoms with E-state index in [1.165, 1.54) is 0 Å². The molecule has 1 amide bonds. The standard InChI is InChI=1S/C29H36BrN3O5/c1-5-10-19-13-23-27(24(34)14-19)26(21(17-31)18(4)33-23)20-15-22(30)28(25(16-20)36-6-2)38-12-9-8-11-32-29(35)37-7-3/h8-9,15-16,19,26,33H,5-7,10-14H2,1-4H3,(H,32,35). The normalized spacial score (nSPS) is 19.1. The first kappa shape index (κ1) is 29.3. The van der Waals surface area contributed by atoms with Crippen molar-refractivity contribution >= 4 is 27.8 Å². The van der Waals surface area contributed by atoms with Crippen molar-refractivity contribution in [3.05, 3.63) is 56.9 Å². The maximum atomic E-state index is 13.4. The molecule has 8 nitrogen and oxygen atoms in total. The van der Waals surface area contributed by atoms with Crippen LogP contribution in [0.15, 0.2) is 51.3 Å². The van der Waals surface area contributed by atoms with Crippen molar-refractivity contribution in [2.24, 2.45) is 5.92 Å². The maximum absolute atomic E-state index is 13.4. The summed E-state index contributed by atoms with van der Waals surface area (Å²) in [6.07, 6.45) is 6.44. The molecule has 0 radical (unpaired) electrons. The van der Waals surface area contributed by atoms with Crippen LogP contribution < -0.4 is 20.1 Å². The minimum Gasteiger partial charge on any atom is -0.490 e. The third-order valence-electron chi connectivity index (χ3n) is 6.52. The fraction of sp³-hybridized carbons (Fsp3) is 0.483. The van der Waals surface area contributed by atoms with Crippen LogP contribution in [0.5, 0.6) is 11.5 Å². The van der Waals surface area contributed by atoms with Crippen LogP contribution in [0.3, 0.4) is 0 Å². The molecule has 9 heteroatoms. The number of hydrogen-bond donors (Lipinski definition) is 2. The van der Waals surface area contributed by atoms with Gasteiger partial charge in [0.2, 0.25) is 0 Å². The lowest BCUT2D eigenvalue weighted by atomic mass is 9.72. The lowest BCUT2D eigenvalue weighted by molar-refractivity contribution is -0.117. The molecule has 0 saturated carbocycles. The number of rotatable bonds is 11. The maximum Gasteiger partial charge on any atom is 0.407 e. The van der Waals surface area contributed by atoms with Crippen LogP contribution in [0.4, 0.5) is 4.79 Å². The molecule has 0 saturated heterocycles. The predicted octanol–water partition coefficient (Wildman–Crippen LogP) is 6.05. The Bertz CT molecular complexity index is 1180. The SMILES string of the molecule is CCCC1CC(=O)C2=C(C1)NC(C)=C(C#N)C2c1cc(Br)c(OCC=CCNC(=O)OCC)c(OCC)c1. The first-order valence-electron chi connectivity index (χ1n) is 13.1. The summed E-state index contributed by atoms with van der Waals surface area (Å²) in [5, 5.41) is 16.0. The van der Waals surface area contributed by atoms with E-state index in [2.05, 4.69) is 39.6 Å². The van der Waals surface area contributed by atoms with Gasteiger partial charge in [0.25, 0.3) is 0 Å². The summed E-state index contributed by atoms with van der Waals surface area (Å²) in [6, 6.07) is 6.11. The topological polar surface area (TPSA) is 110 Å². The smallest absolute Gasteiger partial charge is 0.407 e. The van der Waals surface area contributed by atoms with E-state index in [1.54, 1.807) is 19.1 Å². The molecule has 1 aliphatic heterocycles. The monoisotopic (exact) mass is 585 g/mol. The van der Waals surface area contributed by atoms with Crippen LogP contribution in [0.1, 0.15) is 64.9 Å². The summed E-state index contributed by atoms with van der Waals surface area (Å²) < 4.78 is 17.4. The number of nitrogens with zero attached hydrogens (tertiary/aromatic N) is 1. The molecule has 2 atom stereocenters. The Morgan fingerprint density at radius 2 is 2.00 bits per heavy atom. The van der Waals surface area contributed by atoms with Gasteiger partial charge in [-0.2, -0.15) is 5.26 Å². The number of Topliss-reactive ketones (excluding diaryl/α,β-unsaturated/α-hetero) is 1. The summed E-state index contributed by atoms with van der Waals surface area (Å²) in [6.45, 7) is 8.98. The second-order valence-electron chi connectivity index (χ2n) is 9.23. The number of hydrogen-bond acceptors (Lipinski definition) is 7. The van der Waals surface area contributed by atoms with Gasteiger partial charge in [-0.05, 0) is 79.2 Å². The fourth-order valence-corrected chi connectivity index (χ4v) is 5.55. The Balaban J connectivity index is 1.89. The highest BCUT2D eigenvalue weighted by molar-refractivity contribution is 9.10. The Labute approximate surface area is 233 Å². The number of nitrogens with one attached hydrogen (secondary N) is 2. The van der Waals surface area contributed by atoms with Gasteiger partial charge < -0.3 is 24.8 Å². The average Bonchev–Trinajstić information content (AvgIpc) is 2.86. The minimum atomic E-state index is -0.468. The number of halogens is 1. The van der Waals surface area contributed by atoms with Gasteiger partial charge in [-0.1, -0.05) is 19.4 Å². The van der Waals surface area contributed by atoms with Gasteiger partial charge in [-0.25, -0.2) is 4.79 Å². The number of nitriles is 1. The zero-order valence-electron chi connectivity index (χ0n) is 22.5. The van der Waals surface area contributed by atoms with Crippen LogP contribution >= 0.6 is 15.9 Å². The second-order valence-corrected chi connectivity index (χ2v) is 10.1. The molecule has 1 heterocycles. The molecule has 2 unspecified atom stereocenters. The van der Waals surface area contributed by atoms with Gasteiger partial charge in [0.15, 0.2) is 17.3 Å². The van der Waals surface area contributed by atoms with Crippen molar-refractivity contribution in [1.29, 1.82) is 5.26 Å². The van der Waals surface area contributed by atoms with Gasteiger partial charge in [0.05, 0.1) is 35.2 Å². The summed E-state index contributed by atoms with van der Waals surface area (Å²) in [5.41, 5.74) is 3.72. The number of amides is 1. The summed E-state index contributed by atoms with van der Waals surface area (Å²) >= 11 is 3.63. The minimum absolute atomic E-state index is 0.0958. The van der Waals surface area contributed by atoms with E-state index in [4.69, 9.17) is 14.2 Å². The van der Waals surface area contributed by atoms with Crippen molar-refractivity contribution in [1.82, 2.24) is 10.6 Å². The first-order valence-corrected chi connectivity index (χ1v) is 13.9. The van der Waals surface area contributed by atoms with Crippen LogP contribution in [0, 0.1) is 17.2 Å². The first-order chi connectivity index (χ1) is 18.3. The number of dihydropyridines is 1. The largest absolute Gasteiger partial charge is 0.490 e. The molecule has 0 bridgehead atoms. The molecular formula is C29H36BrN3O5. The molecule has 0 fully saturated rings. The number of allylic oxidation sites excluding steroid dienone is 4. The third kappa shape index (κ3) is 6.98. The van der Waals surface area contributed by atoms with Gasteiger partial charge in [-0.15, -0.1) is 0 Å². The quantitative estimate of drug-likeness (QED) is 0.304. The van der Waals surface area contributed by atoms with E-state index in [9.17, 15) is 14.9 Å².